The van der Waals surface area contributed by atoms with Crippen molar-refractivity contribution in [2.75, 3.05) is 6.61 Å². The molecule has 1 fully saturated rings. The fraction of sp³-hybridized carbons (Fsp3) is 0.944. The van der Waals surface area contributed by atoms with Gasteiger partial charge in [-0.15, -0.1) is 0 Å². The van der Waals surface area contributed by atoms with Crippen molar-refractivity contribution in [2.24, 2.45) is 0 Å². The van der Waals surface area contributed by atoms with Crippen molar-refractivity contribution in [2.45, 2.75) is 103 Å². The lowest BCUT2D eigenvalue weighted by Crippen LogP contribution is -2.49. The molecule has 0 amide bonds. The first-order valence-corrected chi connectivity index (χ1v) is 14.9. The Hall–Kier alpha value is -0.176. The van der Waals surface area contributed by atoms with E-state index >= 15 is 0 Å². The fourth-order valence-electron chi connectivity index (χ4n) is 2.15. The van der Waals surface area contributed by atoms with Crippen molar-refractivity contribution >= 4 is 22.6 Å². The van der Waals surface area contributed by atoms with Crippen molar-refractivity contribution < 1.29 is 18.4 Å². The van der Waals surface area contributed by atoms with Gasteiger partial charge in [-0.05, 0) is 36.3 Å². The molecule has 4 nitrogen and oxygen atoms in total. The van der Waals surface area contributed by atoms with Crippen molar-refractivity contribution in [1.29, 1.82) is 0 Å². The molecule has 0 unspecified atom stereocenters. The first-order chi connectivity index (χ1) is 10.6. The van der Waals surface area contributed by atoms with Crippen molar-refractivity contribution in [1.82, 2.24) is 0 Å². The third-order valence-electron chi connectivity index (χ3n) is 5.92. The molecule has 0 radical (unpaired) electrons. The number of carbonyl (C=O) groups is 1. The van der Waals surface area contributed by atoms with Gasteiger partial charge in [0, 0.05) is 6.42 Å². The van der Waals surface area contributed by atoms with E-state index in [0.717, 1.165) is 6.42 Å². The average molecular weight is 375 g/mol. The molecule has 1 aliphatic heterocycles. The van der Waals surface area contributed by atoms with Crippen LogP contribution >= 0.6 is 0 Å². The summed E-state index contributed by atoms with van der Waals surface area (Å²) < 4.78 is 18.2. The molecule has 0 spiro atoms. The first kappa shape index (κ1) is 21.9. The summed E-state index contributed by atoms with van der Waals surface area (Å²) in [5.41, 5.74) is 0. The number of rotatable bonds is 5. The maximum absolute atomic E-state index is 12.0. The summed E-state index contributed by atoms with van der Waals surface area (Å²) in [6.07, 6.45) is 0.881. The molecule has 0 N–H and O–H groups in total. The van der Waals surface area contributed by atoms with E-state index in [1.54, 1.807) is 0 Å². The van der Waals surface area contributed by atoms with E-state index in [2.05, 4.69) is 67.7 Å². The van der Waals surface area contributed by atoms with Crippen LogP contribution in [0.1, 0.15) is 54.4 Å². The van der Waals surface area contributed by atoms with Crippen LogP contribution in [0.3, 0.4) is 0 Å². The molecule has 1 heterocycles. The van der Waals surface area contributed by atoms with Crippen LogP contribution in [0.15, 0.2) is 0 Å². The fourth-order valence-corrected chi connectivity index (χ4v) is 4.55. The Morgan fingerprint density at radius 1 is 1.00 bits per heavy atom. The van der Waals surface area contributed by atoms with Gasteiger partial charge in [0.25, 0.3) is 0 Å². The molecule has 24 heavy (non-hydrogen) atoms. The minimum absolute atomic E-state index is 0.0415. The maximum atomic E-state index is 12.0. The van der Waals surface area contributed by atoms with Crippen LogP contribution in [0.2, 0.25) is 36.3 Å². The Morgan fingerprint density at radius 3 is 1.96 bits per heavy atom. The summed E-state index contributed by atoms with van der Waals surface area (Å²) in [6, 6.07) is 0. The minimum Gasteiger partial charge on any atom is -0.460 e. The number of hydrogen-bond acceptors (Lipinski definition) is 4. The van der Waals surface area contributed by atoms with Crippen molar-refractivity contribution in [3.8, 4) is 0 Å². The maximum Gasteiger partial charge on any atom is 0.308 e. The molecular formula is C18H38O4Si2. The zero-order valence-electron chi connectivity index (χ0n) is 17.4. The number of ether oxygens (including phenoxy) is 1. The molecule has 0 aromatic carbocycles. The molecule has 2 atom stereocenters. The van der Waals surface area contributed by atoms with Crippen LogP contribution in [0.4, 0.5) is 0 Å². The van der Waals surface area contributed by atoms with Gasteiger partial charge in [-0.2, -0.15) is 0 Å². The lowest BCUT2D eigenvalue weighted by atomic mass is 10.1. The van der Waals surface area contributed by atoms with Crippen LogP contribution in [0.25, 0.3) is 0 Å². The number of hydrogen-bond donors (Lipinski definition) is 0. The van der Waals surface area contributed by atoms with Gasteiger partial charge in [0.15, 0.2) is 16.6 Å². The van der Waals surface area contributed by atoms with Gasteiger partial charge in [-0.1, -0.05) is 41.5 Å². The van der Waals surface area contributed by atoms with Gasteiger partial charge in [-0.25, -0.2) is 0 Å². The van der Waals surface area contributed by atoms with E-state index in [9.17, 15) is 4.79 Å². The third-order valence-corrected chi connectivity index (χ3v) is 15.0. The normalized spacial score (nSPS) is 24.0. The topological polar surface area (TPSA) is 44.8 Å². The molecule has 1 saturated heterocycles. The van der Waals surface area contributed by atoms with E-state index < -0.39 is 16.6 Å². The molecule has 1 rings (SSSR count). The monoisotopic (exact) mass is 374 g/mol. The van der Waals surface area contributed by atoms with Crippen molar-refractivity contribution in [3.63, 3.8) is 0 Å². The molecule has 6 heteroatoms. The third kappa shape index (κ3) is 5.68. The van der Waals surface area contributed by atoms with Crippen LogP contribution in [0.5, 0.6) is 0 Å². The second kappa shape index (κ2) is 7.21. The highest BCUT2D eigenvalue weighted by atomic mass is 28.4. The van der Waals surface area contributed by atoms with E-state index in [4.69, 9.17) is 13.6 Å². The molecule has 1 aliphatic rings. The van der Waals surface area contributed by atoms with E-state index in [1.165, 1.54) is 0 Å². The predicted octanol–water partition coefficient (Wildman–Crippen LogP) is 5.10. The minimum atomic E-state index is -1.88. The summed E-state index contributed by atoms with van der Waals surface area (Å²) in [4.78, 5) is 12.0. The summed E-state index contributed by atoms with van der Waals surface area (Å²) in [6.45, 7) is 22.7. The van der Waals surface area contributed by atoms with Crippen LogP contribution < -0.4 is 0 Å². The van der Waals surface area contributed by atoms with Crippen LogP contribution in [-0.2, 0) is 18.4 Å². The van der Waals surface area contributed by atoms with Gasteiger partial charge < -0.3 is 13.6 Å². The predicted molar refractivity (Wildman–Crippen MR) is 104 cm³/mol. The van der Waals surface area contributed by atoms with Gasteiger partial charge >= 0.3 is 5.97 Å². The Kier molecular flexibility index (Phi) is 6.57. The Balaban J connectivity index is 2.68. The van der Waals surface area contributed by atoms with Gasteiger partial charge in [0.05, 0.1) is 19.1 Å². The second-order valence-corrected chi connectivity index (χ2v) is 19.7. The van der Waals surface area contributed by atoms with Crippen LogP contribution in [-0.4, -0.2) is 41.4 Å². The molecule has 0 aliphatic carbocycles. The van der Waals surface area contributed by atoms with E-state index in [-0.39, 0.29) is 28.3 Å². The summed E-state index contributed by atoms with van der Waals surface area (Å²) in [7, 11) is -3.71. The number of cyclic esters (lactones) is 1. The zero-order chi connectivity index (χ0) is 19.0. The van der Waals surface area contributed by atoms with Gasteiger partial charge in [0.2, 0.25) is 0 Å². The lowest BCUT2D eigenvalue weighted by Gasteiger charge is -2.42. The highest BCUT2D eigenvalue weighted by molar-refractivity contribution is 6.74. The number of esters is 1. The summed E-state index contributed by atoms with van der Waals surface area (Å²) >= 11 is 0. The highest BCUT2D eigenvalue weighted by Gasteiger charge is 2.42. The SMILES string of the molecule is CC(C)(C)[Si](C)(C)OC[C@@H]1C[C@@H](O[Si](C)(C)C(C)(C)C)CC(=O)O1. The average Bonchev–Trinajstić information content (AvgIpc) is 2.32. The van der Waals surface area contributed by atoms with Crippen molar-refractivity contribution in [3.05, 3.63) is 0 Å². The number of carbonyl (C=O) groups excluding carboxylic acids is 1. The Morgan fingerprint density at radius 2 is 1.50 bits per heavy atom. The Labute approximate surface area is 150 Å². The zero-order valence-corrected chi connectivity index (χ0v) is 19.4. The second-order valence-electron chi connectivity index (χ2n) is 10.1. The largest absolute Gasteiger partial charge is 0.460 e. The smallest absolute Gasteiger partial charge is 0.308 e. The summed E-state index contributed by atoms with van der Waals surface area (Å²) in [5.74, 6) is -0.159. The highest BCUT2D eigenvalue weighted by Crippen LogP contribution is 2.39. The summed E-state index contributed by atoms with van der Waals surface area (Å²) in [5, 5.41) is 0.296. The molecule has 0 bridgehead atoms. The molecule has 0 aromatic heterocycles. The molecule has 0 aromatic rings. The molecule has 0 saturated carbocycles. The molecular weight excluding hydrogens is 336 g/mol. The Bertz CT molecular complexity index is 447. The van der Waals surface area contributed by atoms with Crippen LogP contribution in [0, 0.1) is 0 Å². The van der Waals surface area contributed by atoms with E-state index in [0.29, 0.717) is 13.0 Å². The quantitative estimate of drug-likeness (QED) is 0.496. The first-order valence-electron chi connectivity index (χ1n) is 9.06. The van der Waals surface area contributed by atoms with Gasteiger partial charge in [-0.3, -0.25) is 4.79 Å². The van der Waals surface area contributed by atoms with E-state index in [1.807, 2.05) is 0 Å². The van der Waals surface area contributed by atoms with Gasteiger partial charge in [0.1, 0.15) is 6.10 Å². The molecule has 142 valence electrons. The lowest BCUT2D eigenvalue weighted by molar-refractivity contribution is -0.161. The standard InChI is InChI=1S/C18H38O4Si2/c1-17(2,3)23(7,8)20-13-15-11-14(12-16(19)21-15)22-24(9,10)18(4,5)6/h14-15H,11-13H2,1-10H3/t14-,15+/m1/s1.